The molecule has 6 nitrogen and oxygen atoms in total. The first-order valence-electron chi connectivity index (χ1n) is 12.8. The number of rotatable bonds is 9. The molecule has 4 amide bonds. The summed E-state index contributed by atoms with van der Waals surface area (Å²) in [7, 11) is 0. The predicted octanol–water partition coefficient (Wildman–Crippen LogP) is 6.34. The second kappa shape index (κ2) is 12.2. The summed E-state index contributed by atoms with van der Waals surface area (Å²) in [5.41, 5.74) is 2.59. The average Bonchev–Trinajstić information content (AvgIpc) is 2.94. The normalized spacial score (nSPS) is 15.9. The minimum atomic E-state index is -0.542. The first kappa shape index (κ1) is 25.9. The third kappa shape index (κ3) is 5.97. The molecular formula is C31H32N2O4. The molecule has 0 aromatic heterocycles. The lowest BCUT2D eigenvalue weighted by molar-refractivity contribution is -0.136. The quantitative estimate of drug-likeness (QED) is 0.300. The van der Waals surface area contributed by atoms with E-state index in [0.29, 0.717) is 37.4 Å². The van der Waals surface area contributed by atoms with Crippen molar-refractivity contribution in [3.8, 4) is 0 Å². The van der Waals surface area contributed by atoms with E-state index >= 15 is 0 Å². The van der Waals surface area contributed by atoms with E-state index in [-0.39, 0.29) is 5.57 Å². The maximum Gasteiger partial charge on any atom is 0.333 e. The number of unbranched alkanes of at least 4 members (excludes halogenated alkanes) is 2. The first-order valence-corrected chi connectivity index (χ1v) is 12.8. The summed E-state index contributed by atoms with van der Waals surface area (Å²) in [4.78, 5) is 41.8. The van der Waals surface area contributed by atoms with Crippen LogP contribution in [0.5, 0.6) is 0 Å². The average molecular weight is 497 g/mol. The summed E-state index contributed by atoms with van der Waals surface area (Å²) in [6.45, 7) is 4.58. The summed E-state index contributed by atoms with van der Waals surface area (Å²) in [6.07, 6.45) is 10.1. The highest BCUT2D eigenvalue weighted by Crippen LogP contribution is 2.32. The van der Waals surface area contributed by atoms with Crippen LogP contribution in [0.4, 0.5) is 4.79 Å². The van der Waals surface area contributed by atoms with E-state index in [2.05, 4.69) is 0 Å². The maximum atomic E-state index is 13.2. The highest BCUT2D eigenvalue weighted by atomic mass is 16.5. The molecule has 2 aliphatic heterocycles. The zero-order chi connectivity index (χ0) is 26.2. The molecule has 2 heterocycles. The number of hydrogen-bond donors (Lipinski definition) is 0. The Morgan fingerprint density at radius 2 is 1.14 bits per heavy atom. The van der Waals surface area contributed by atoms with Crippen molar-refractivity contribution >= 4 is 29.4 Å². The lowest BCUT2D eigenvalue weighted by Crippen LogP contribution is -2.56. The highest BCUT2D eigenvalue weighted by Gasteiger charge is 2.41. The minimum absolute atomic E-state index is 0.00452. The van der Waals surface area contributed by atoms with Crippen LogP contribution in [0, 0.1) is 0 Å². The van der Waals surface area contributed by atoms with Crippen molar-refractivity contribution in [2.24, 2.45) is 0 Å². The Morgan fingerprint density at radius 3 is 1.57 bits per heavy atom. The van der Waals surface area contributed by atoms with E-state index in [1.54, 1.807) is 6.08 Å². The van der Waals surface area contributed by atoms with Gasteiger partial charge in [0.1, 0.15) is 17.1 Å². The molecule has 6 heteroatoms. The number of hydrogen-bond acceptors (Lipinski definition) is 4. The topological polar surface area (TPSA) is 66.9 Å². The number of amides is 4. The standard InChI is InChI=1S/C31H32N2O4/c1-3-5-19-32-29(34)26(30(35)33(31(32)36)20-6-4-2)18-17-23-21-27(24-13-9-7-10-14-24)37-28(22-23)25-15-11-8-12-16-25/h7-18,21-22H,3-6,19-20H2,1-2H3. The molecule has 1 fully saturated rings. The number of urea groups is 1. The third-order valence-electron chi connectivity index (χ3n) is 6.26. The van der Waals surface area contributed by atoms with Crippen LogP contribution >= 0.6 is 0 Å². The first-order chi connectivity index (χ1) is 18.0. The Balaban J connectivity index is 1.74. The molecule has 0 saturated carbocycles. The number of benzene rings is 2. The number of ether oxygens (including phenoxy) is 1. The molecule has 1 saturated heterocycles. The van der Waals surface area contributed by atoms with Crippen molar-refractivity contribution in [3.05, 3.63) is 107 Å². The Morgan fingerprint density at radius 1 is 0.676 bits per heavy atom. The summed E-state index contributed by atoms with van der Waals surface area (Å²) in [5, 5.41) is 0. The van der Waals surface area contributed by atoms with Gasteiger partial charge in [-0.2, -0.15) is 0 Å². The number of carbonyl (C=O) groups is 3. The SMILES string of the molecule is CCCCN1C(=O)C(=CC=C2C=C(c3ccccc3)OC(c3ccccc3)=C2)C(=O)N(CCCC)C1=O. The van der Waals surface area contributed by atoms with Crippen molar-refractivity contribution < 1.29 is 19.1 Å². The van der Waals surface area contributed by atoms with Gasteiger partial charge in [0.2, 0.25) is 0 Å². The zero-order valence-electron chi connectivity index (χ0n) is 21.4. The Bertz CT molecular complexity index is 1180. The molecule has 37 heavy (non-hydrogen) atoms. The van der Waals surface area contributed by atoms with Gasteiger partial charge in [-0.15, -0.1) is 0 Å². The smallest absolute Gasteiger partial charge is 0.333 e. The maximum absolute atomic E-state index is 13.2. The van der Waals surface area contributed by atoms with Gasteiger partial charge < -0.3 is 4.74 Å². The molecule has 2 aliphatic rings. The molecular weight excluding hydrogens is 464 g/mol. The van der Waals surface area contributed by atoms with Crippen molar-refractivity contribution in [2.45, 2.75) is 39.5 Å². The molecule has 2 aromatic rings. The van der Waals surface area contributed by atoms with Crippen molar-refractivity contribution in [1.82, 2.24) is 9.80 Å². The molecule has 0 radical (unpaired) electrons. The zero-order valence-corrected chi connectivity index (χ0v) is 21.4. The Hall–Kier alpha value is -4.19. The molecule has 0 N–H and O–H groups in total. The molecule has 0 bridgehead atoms. The molecule has 0 spiro atoms. The van der Waals surface area contributed by atoms with Crippen LogP contribution in [0.1, 0.15) is 50.7 Å². The predicted molar refractivity (Wildman–Crippen MR) is 145 cm³/mol. The second-order valence-corrected chi connectivity index (χ2v) is 9.00. The third-order valence-corrected chi connectivity index (χ3v) is 6.26. The molecule has 4 rings (SSSR count). The van der Waals surface area contributed by atoms with Crippen molar-refractivity contribution in [1.29, 1.82) is 0 Å². The number of nitrogens with zero attached hydrogens (tertiary/aromatic N) is 2. The molecule has 0 unspecified atom stereocenters. The summed E-state index contributed by atoms with van der Waals surface area (Å²) >= 11 is 0. The second-order valence-electron chi connectivity index (χ2n) is 9.00. The largest absolute Gasteiger partial charge is 0.456 e. The van der Waals surface area contributed by atoms with Crippen LogP contribution < -0.4 is 0 Å². The van der Waals surface area contributed by atoms with Gasteiger partial charge in [0, 0.05) is 24.2 Å². The lowest BCUT2D eigenvalue weighted by atomic mass is 10.0. The molecule has 0 aliphatic carbocycles. The fourth-order valence-electron chi connectivity index (χ4n) is 4.16. The van der Waals surface area contributed by atoms with Gasteiger partial charge >= 0.3 is 6.03 Å². The van der Waals surface area contributed by atoms with E-state index < -0.39 is 17.8 Å². The van der Waals surface area contributed by atoms with Gasteiger partial charge in [0.05, 0.1) is 0 Å². The van der Waals surface area contributed by atoms with Gasteiger partial charge in [-0.1, -0.05) is 93.4 Å². The van der Waals surface area contributed by atoms with Gasteiger partial charge in [-0.05, 0) is 36.6 Å². The van der Waals surface area contributed by atoms with Crippen LogP contribution in [0.3, 0.4) is 0 Å². The fraction of sp³-hybridized carbons (Fsp3) is 0.258. The number of carbonyl (C=O) groups excluding carboxylic acids is 3. The van der Waals surface area contributed by atoms with E-state index in [1.165, 1.54) is 15.9 Å². The van der Waals surface area contributed by atoms with Crippen molar-refractivity contribution in [2.75, 3.05) is 13.1 Å². The van der Waals surface area contributed by atoms with E-state index in [9.17, 15) is 14.4 Å². The van der Waals surface area contributed by atoms with Gasteiger partial charge in [0.25, 0.3) is 11.8 Å². The summed E-state index contributed by atoms with van der Waals surface area (Å²) in [5.74, 6) is 0.244. The molecule has 0 atom stereocenters. The minimum Gasteiger partial charge on any atom is -0.456 e. The van der Waals surface area contributed by atoms with Crippen molar-refractivity contribution in [3.63, 3.8) is 0 Å². The van der Waals surface area contributed by atoms with Crippen LogP contribution in [0.25, 0.3) is 11.5 Å². The van der Waals surface area contributed by atoms with E-state index in [4.69, 9.17) is 4.74 Å². The van der Waals surface area contributed by atoms with Gasteiger partial charge in [0.15, 0.2) is 0 Å². The number of imide groups is 2. The molecule has 190 valence electrons. The summed E-state index contributed by atoms with van der Waals surface area (Å²) in [6, 6.07) is 19.0. The Labute approximate surface area is 218 Å². The monoisotopic (exact) mass is 496 g/mol. The van der Waals surface area contributed by atoms with Crippen LogP contribution in [0.2, 0.25) is 0 Å². The van der Waals surface area contributed by atoms with Crippen LogP contribution in [-0.2, 0) is 14.3 Å². The van der Waals surface area contributed by atoms with Gasteiger partial charge in [-0.25, -0.2) is 4.79 Å². The summed E-state index contributed by atoms with van der Waals surface area (Å²) < 4.78 is 6.23. The number of allylic oxidation sites excluding steroid dienone is 5. The highest BCUT2D eigenvalue weighted by molar-refractivity contribution is 6.28. The fourth-order valence-corrected chi connectivity index (χ4v) is 4.16. The Kier molecular flexibility index (Phi) is 8.52. The van der Waals surface area contributed by atoms with E-state index in [1.807, 2.05) is 86.7 Å². The van der Waals surface area contributed by atoms with Crippen LogP contribution in [-0.4, -0.2) is 40.7 Å². The molecule has 2 aromatic carbocycles. The number of barbiturate groups is 1. The van der Waals surface area contributed by atoms with Crippen LogP contribution in [0.15, 0.2) is 96.1 Å². The lowest BCUT2D eigenvalue weighted by Gasteiger charge is -2.33. The van der Waals surface area contributed by atoms with E-state index in [0.717, 1.165) is 29.5 Å². The van der Waals surface area contributed by atoms with Gasteiger partial charge in [-0.3, -0.25) is 19.4 Å².